The first-order valence-corrected chi connectivity index (χ1v) is 8.13. The summed E-state index contributed by atoms with van der Waals surface area (Å²) < 4.78 is 7.88. The molecule has 4 heteroatoms. The van der Waals surface area contributed by atoms with Gasteiger partial charge in [0, 0.05) is 18.3 Å². The summed E-state index contributed by atoms with van der Waals surface area (Å²) in [4.78, 5) is 0. The number of nitrogens with zero attached hydrogens (tertiary/aromatic N) is 2. The van der Waals surface area contributed by atoms with Crippen molar-refractivity contribution in [1.29, 1.82) is 0 Å². The van der Waals surface area contributed by atoms with E-state index in [0.29, 0.717) is 6.04 Å². The molecule has 1 aromatic heterocycles. The van der Waals surface area contributed by atoms with Crippen LogP contribution in [0.5, 0.6) is 0 Å². The molecule has 2 rings (SSSR count). The lowest BCUT2D eigenvalue weighted by Crippen LogP contribution is -2.25. The minimum atomic E-state index is 0.242. The number of hydrogen-bond donors (Lipinski definition) is 1. The zero-order valence-corrected chi connectivity index (χ0v) is 13.2. The van der Waals surface area contributed by atoms with Gasteiger partial charge in [-0.25, -0.2) is 0 Å². The number of ether oxygens (including phenoxy) is 1. The lowest BCUT2D eigenvalue weighted by atomic mass is 9.99. The fourth-order valence-electron chi connectivity index (χ4n) is 3.08. The highest BCUT2D eigenvalue weighted by Gasteiger charge is 2.23. The van der Waals surface area contributed by atoms with Gasteiger partial charge in [0.25, 0.3) is 0 Å². The average Bonchev–Trinajstić information content (AvgIpc) is 2.85. The third-order valence-corrected chi connectivity index (χ3v) is 4.34. The Kier molecular flexibility index (Phi) is 5.61. The molecule has 1 fully saturated rings. The van der Waals surface area contributed by atoms with E-state index in [1.807, 2.05) is 0 Å². The zero-order valence-electron chi connectivity index (χ0n) is 13.2. The Morgan fingerprint density at radius 3 is 2.70 bits per heavy atom. The van der Waals surface area contributed by atoms with E-state index < -0.39 is 0 Å². The van der Waals surface area contributed by atoms with E-state index in [9.17, 15) is 0 Å². The lowest BCUT2D eigenvalue weighted by Gasteiger charge is -2.24. The molecule has 1 aliphatic rings. The Labute approximate surface area is 122 Å². The van der Waals surface area contributed by atoms with E-state index >= 15 is 0 Å². The van der Waals surface area contributed by atoms with Crippen LogP contribution in [0.2, 0.25) is 0 Å². The van der Waals surface area contributed by atoms with Crippen molar-refractivity contribution >= 4 is 0 Å². The second kappa shape index (κ2) is 7.23. The second-order valence-corrected chi connectivity index (χ2v) is 5.77. The monoisotopic (exact) mass is 279 g/mol. The predicted octanol–water partition coefficient (Wildman–Crippen LogP) is 2.64. The Bertz CT molecular complexity index is 422. The van der Waals surface area contributed by atoms with Gasteiger partial charge in [-0.1, -0.05) is 20.8 Å². The average molecular weight is 279 g/mol. The largest absolute Gasteiger partial charge is 0.379 e. The van der Waals surface area contributed by atoms with Crippen LogP contribution in [0.3, 0.4) is 0 Å². The van der Waals surface area contributed by atoms with E-state index in [2.05, 4.69) is 25.5 Å². The van der Waals surface area contributed by atoms with Gasteiger partial charge < -0.3 is 10.5 Å². The van der Waals surface area contributed by atoms with Crippen LogP contribution in [0.1, 0.15) is 63.0 Å². The Balaban J connectivity index is 2.31. The van der Waals surface area contributed by atoms with Gasteiger partial charge in [0.1, 0.15) is 0 Å². The lowest BCUT2D eigenvalue weighted by molar-refractivity contribution is 0.0538. The predicted molar refractivity (Wildman–Crippen MR) is 82.0 cm³/mol. The van der Waals surface area contributed by atoms with Gasteiger partial charge in [-0.15, -0.1) is 0 Å². The maximum atomic E-state index is 6.18. The van der Waals surface area contributed by atoms with Gasteiger partial charge in [0.05, 0.1) is 18.3 Å². The van der Waals surface area contributed by atoms with E-state index in [1.165, 1.54) is 23.4 Å². The number of hydrogen-bond acceptors (Lipinski definition) is 3. The van der Waals surface area contributed by atoms with E-state index in [-0.39, 0.29) is 6.04 Å². The third kappa shape index (κ3) is 3.23. The summed E-state index contributed by atoms with van der Waals surface area (Å²) in [7, 11) is 0. The highest BCUT2D eigenvalue weighted by Crippen LogP contribution is 2.26. The first-order valence-electron chi connectivity index (χ1n) is 8.13. The molecule has 2 unspecified atom stereocenters. The van der Waals surface area contributed by atoms with Crippen molar-refractivity contribution in [1.82, 2.24) is 9.78 Å². The van der Waals surface area contributed by atoms with Gasteiger partial charge in [-0.3, -0.25) is 4.68 Å². The molecule has 1 saturated heterocycles. The summed E-state index contributed by atoms with van der Waals surface area (Å²) in [5.41, 5.74) is 10.2. The number of rotatable bonds is 6. The molecular weight excluding hydrogens is 250 g/mol. The van der Waals surface area contributed by atoms with Gasteiger partial charge in [0.2, 0.25) is 0 Å². The number of aryl methyl sites for hydroxylation is 1. The smallest absolute Gasteiger partial charge is 0.0756 e. The van der Waals surface area contributed by atoms with E-state index in [0.717, 1.165) is 45.3 Å². The van der Waals surface area contributed by atoms with Crippen molar-refractivity contribution in [2.75, 3.05) is 13.2 Å². The first kappa shape index (κ1) is 15.5. The molecule has 0 amide bonds. The maximum Gasteiger partial charge on any atom is 0.0756 e. The van der Waals surface area contributed by atoms with Crippen LogP contribution >= 0.6 is 0 Å². The van der Waals surface area contributed by atoms with Crippen molar-refractivity contribution < 1.29 is 4.74 Å². The Morgan fingerprint density at radius 1 is 1.35 bits per heavy atom. The van der Waals surface area contributed by atoms with Crippen molar-refractivity contribution in [2.24, 2.45) is 5.73 Å². The molecule has 114 valence electrons. The van der Waals surface area contributed by atoms with Gasteiger partial charge >= 0.3 is 0 Å². The standard InChI is InChI=1S/C16H29N3O/c1-4-12(17)10-14-15(5-2)18-19(16(14)6-3)13-8-7-9-20-11-13/h12-13H,4-11,17H2,1-3H3. The fourth-order valence-corrected chi connectivity index (χ4v) is 3.08. The first-order chi connectivity index (χ1) is 9.71. The van der Waals surface area contributed by atoms with E-state index in [4.69, 9.17) is 15.6 Å². The SMILES string of the molecule is CCc1nn(C2CCCOC2)c(CC)c1CC(N)CC. The van der Waals surface area contributed by atoms with Crippen LogP contribution in [-0.2, 0) is 24.0 Å². The van der Waals surface area contributed by atoms with Crippen molar-refractivity contribution in [3.63, 3.8) is 0 Å². The van der Waals surface area contributed by atoms with Crippen LogP contribution < -0.4 is 5.73 Å². The zero-order chi connectivity index (χ0) is 14.5. The van der Waals surface area contributed by atoms with Gasteiger partial charge in [0.15, 0.2) is 0 Å². The molecule has 0 saturated carbocycles. The quantitative estimate of drug-likeness (QED) is 0.871. The highest BCUT2D eigenvalue weighted by molar-refractivity contribution is 5.28. The topological polar surface area (TPSA) is 53.1 Å². The van der Waals surface area contributed by atoms with E-state index in [1.54, 1.807) is 0 Å². The molecular formula is C16H29N3O. The summed E-state index contributed by atoms with van der Waals surface area (Å²) in [6.45, 7) is 8.26. The van der Waals surface area contributed by atoms with Crippen LogP contribution in [0.15, 0.2) is 0 Å². The number of aromatic nitrogens is 2. The molecule has 0 aromatic carbocycles. The summed E-state index contributed by atoms with van der Waals surface area (Å²) in [5, 5.41) is 4.89. The van der Waals surface area contributed by atoms with Gasteiger partial charge in [-0.05, 0) is 44.1 Å². The van der Waals surface area contributed by atoms with Crippen molar-refractivity contribution in [2.45, 2.75) is 71.4 Å². The van der Waals surface area contributed by atoms with Crippen molar-refractivity contribution in [3.05, 3.63) is 17.0 Å². The molecule has 0 spiro atoms. The Hall–Kier alpha value is -0.870. The minimum Gasteiger partial charge on any atom is -0.379 e. The summed E-state index contributed by atoms with van der Waals surface area (Å²) in [6, 6.07) is 0.654. The molecule has 1 aromatic rings. The molecule has 1 aliphatic heterocycles. The molecule has 0 radical (unpaired) electrons. The highest BCUT2D eigenvalue weighted by atomic mass is 16.5. The number of nitrogens with two attached hydrogens (primary N) is 1. The van der Waals surface area contributed by atoms with Crippen LogP contribution in [0.4, 0.5) is 0 Å². The fraction of sp³-hybridized carbons (Fsp3) is 0.812. The summed E-state index contributed by atoms with van der Waals surface area (Å²) in [5.74, 6) is 0. The molecule has 20 heavy (non-hydrogen) atoms. The molecule has 2 atom stereocenters. The molecule has 2 N–H and O–H groups in total. The molecule has 0 bridgehead atoms. The van der Waals surface area contributed by atoms with Crippen molar-refractivity contribution in [3.8, 4) is 0 Å². The second-order valence-electron chi connectivity index (χ2n) is 5.77. The molecule has 2 heterocycles. The molecule has 4 nitrogen and oxygen atoms in total. The third-order valence-electron chi connectivity index (χ3n) is 4.34. The summed E-state index contributed by atoms with van der Waals surface area (Å²) >= 11 is 0. The van der Waals surface area contributed by atoms with Crippen LogP contribution in [0, 0.1) is 0 Å². The van der Waals surface area contributed by atoms with Crippen LogP contribution in [0.25, 0.3) is 0 Å². The maximum absolute atomic E-state index is 6.18. The minimum absolute atomic E-state index is 0.242. The van der Waals surface area contributed by atoms with Crippen LogP contribution in [-0.4, -0.2) is 29.0 Å². The van der Waals surface area contributed by atoms with Gasteiger partial charge in [-0.2, -0.15) is 5.10 Å². The summed E-state index contributed by atoms with van der Waals surface area (Å²) in [6.07, 6.45) is 6.30. The normalized spacial score (nSPS) is 21.1. The molecule has 0 aliphatic carbocycles. The Morgan fingerprint density at radius 2 is 2.15 bits per heavy atom.